The van der Waals surface area contributed by atoms with E-state index < -0.39 is 31.0 Å². The van der Waals surface area contributed by atoms with Crippen molar-refractivity contribution in [2.75, 3.05) is 13.2 Å². The van der Waals surface area contributed by atoms with E-state index in [9.17, 15) is 19.4 Å². The lowest BCUT2D eigenvalue weighted by Crippen LogP contribution is -2.46. The van der Waals surface area contributed by atoms with Gasteiger partial charge in [0.25, 0.3) is 0 Å². The first-order valence-corrected chi connectivity index (χ1v) is 7.00. The van der Waals surface area contributed by atoms with Crippen molar-refractivity contribution in [1.82, 2.24) is 10.2 Å². The number of aliphatic hydroxyl groups is 2. The molecule has 116 valence electrons. The van der Waals surface area contributed by atoms with Gasteiger partial charge in [-0.25, -0.2) is 4.39 Å². The first-order valence-electron chi connectivity index (χ1n) is 7.00. The van der Waals surface area contributed by atoms with Crippen LogP contribution in [0.1, 0.15) is 12.5 Å². The van der Waals surface area contributed by atoms with Crippen LogP contribution in [-0.2, 0) is 11.3 Å². The molecule has 1 aliphatic heterocycles. The molecule has 1 fully saturated rings. The Labute approximate surface area is 123 Å². The second-order valence-electron chi connectivity index (χ2n) is 5.37. The van der Waals surface area contributed by atoms with Crippen molar-refractivity contribution >= 4 is 5.91 Å². The van der Waals surface area contributed by atoms with Gasteiger partial charge in [0.15, 0.2) is 0 Å². The molecule has 1 unspecified atom stereocenters. The van der Waals surface area contributed by atoms with Crippen LogP contribution in [0.4, 0.5) is 4.39 Å². The summed E-state index contributed by atoms with van der Waals surface area (Å²) < 4.78 is 13.2. The third-order valence-corrected chi connectivity index (χ3v) is 3.92. The number of halogens is 1. The third kappa shape index (κ3) is 3.58. The number of nitrogens with zero attached hydrogens (tertiary/aromatic N) is 1. The Hall–Kier alpha value is -1.50. The minimum atomic E-state index is -1.16. The second kappa shape index (κ2) is 6.98. The fraction of sp³-hybridized carbons (Fsp3) is 0.533. The summed E-state index contributed by atoms with van der Waals surface area (Å²) in [5.41, 5.74) is 0.963. The molecule has 21 heavy (non-hydrogen) atoms. The highest BCUT2D eigenvalue weighted by Crippen LogP contribution is 2.27. The van der Waals surface area contributed by atoms with E-state index in [0.29, 0.717) is 6.54 Å². The number of alkyl halides is 1. The SMILES string of the molecule is CC(=O)NC[C@@H]1[C@@H](O)[C@H](O)C(CF)N1Cc1ccccc1. The molecule has 1 aromatic carbocycles. The number of likely N-dealkylation sites (tertiary alicyclic amines) is 1. The van der Waals surface area contributed by atoms with Crippen LogP contribution in [-0.4, -0.2) is 58.5 Å². The fourth-order valence-corrected chi connectivity index (χ4v) is 2.79. The number of rotatable bonds is 5. The maximum Gasteiger partial charge on any atom is 0.216 e. The predicted molar refractivity (Wildman–Crippen MR) is 76.2 cm³/mol. The molecule has 6 heteroatoms. The van der Waals surface area contributed by atoms with Crippen LogP contribution in [0.3, 0.4) is 0 Å². The number of amides is 1. The van der Waals surface area contributed by atoms with Crippen LogP contribution in [0.5, 0.6) is 0 Å². The van der Waals surface area contributed by atoms with E-state index in [0.717, 1.165) is 5.56 Å². The highest BCUT2D eigenvalue weighted by atomic mass is 19.1. The van der Waals surface area contributed by atoms with Gasteiger partial charge in [0.2, 0.25) is 5.91 Å². The standard InChI is InChI=1S/C15H21FN2O3/c1-10(19)17-8-13-15(21)14(20)12(7-16)18(13)9-11-5-3-2-4-6-11/h2-6,12-15,20-21H,7-9H2,1H3,(H,17,19)/t12?,13-,14-,15-/m1/s1. The molecule has 0 spiro atoms. The molecule has 1 amide bonds. The first-order chi connectivity index (χ1) is 10.0. The minimum absolute atomic E-state index is 0.177. The molecule has 5 nitrogen and oxygen atoms in total. The van der Waals surface area contributed by atoms with E-state index in [1.807, 2.05) is 30.3 Å². The van der Waals surface area contributed by atoms with Gasteiger partial charge >= 0.3 is 0 Å². The molecule has 0 aliphatic carbocycles. The van der Waals surface area contributed by atoms with Crippen LogP contribution in [0.25, 0.3) is 0 Å². The molecule has 1 aliphatic rings. The Morgan fingerprint density at radius 3 is 2.43 bits per heavy atom. The van der Waals surface area contributed by atoms with Gasteiger partial charge in [-0.3, -0.25) is 9.69 Å². The molecular weight excluding hydrogens is 275 g/mol. The van der Waals surface area contributed by atoms with Crippen molar-refractivity contribution in [2.45, 2.75) is 37.8 Å². The summed E-state index contributed by atoms with van der Waals surface area (Å²) in [6.07, 6.45) is -2.24. The zero-order valence-corrected chi connectivity index (χ0v) is 11.9. The van der Waals surface area contributed by atoms with Crippen molar-refractivity contribution in [2.24, 2.45) is 0 Å². The van der Waals surface area contributed by atoms with E-state index in [-0.39, 0.29) is 12.5 Å². The lowest BCUT2D eigenvalue weighted by atomic mass is 10.1. The van der Waals surface area contributed by atoms with Crippen molar-refractivity contribution in [1.29, 1.82) is 0 Å². The molecule has 4 atom stereocenters. The Bertz CT molecular complexity index is 471. The maximum atomic E-state index is 13.2. The van der Waals surface area contributed by atoms with Gasteiger partial charge in [0.05, 0.1) is 24.3 Å². The van der Waals surface area contributed by atoms with E-state index in [4.69, 9.17) is 0 Å². The summed E-state index contributed by atoms with van der Waals surface area (Å²) in [5.74, 6) is -0.222. The Kier molecular flexibility index (Phi) is 5.27. The lowest BCUT2D eigenvalue weighted by molar-refractivity contribution is -0.119. The average Bonchev–Trinajstić information content (AvgIpc) is 2.69. The molecule has 2 rings (SSSR count). The molecule has 3 N–H and O–H groups in total. The summed E-state index contributed by atoms with van der Waals surface area (Å²) in [7, 11) is 0. The monoisotopic (exact) mass is 296 g/mol. The van der Waals surface area contributed by atoms with Crippen LogP contribution in [0.15, 0.2) is 30.3 Å². The van der Waals surface area contributed by atoms with Gasteiger partial charge in [0, 0.05) is 20.0 Å². The van der Waals surface area contributed by atoms with Gasteiger partial charge in [-0.2, -0.15) is 0 Å². The van der Waals surface area contributed by atoms with E-state index in [1.165, 1.54) is 6.92 Å². The fourth-order valence-electron chi connectivity index (χ4n) is 2.79. The molecule has 1 saturated heterocycles. The molecule has 0 radical (unpaired) electrons. The zero-order valence-electron chi connectivity index (χ0n) is 11.9. The highest BCUT2D eigenvalue weighted by molar-refractivity contribution is 5.72. The summed E-state index contributed by atoms with van der Waals surface area (Å²) in [6.45, 7) is 1.22. The van der Waals surface area contributed by atoms with Crippen molar-refractivity contribution < 1.29 is 19.4 Å². The number of hydrogen-bond donors (Lipinski definition) is 3. The molecule has 0 aromatic heterocycles. The smallest absolute Gasteiger partial charge is 0.216 e. The molecular formula is C15H21FN2O3. The van der Waals surface area contributed by atoms with Gasteiger partial charge in [-0.1, -0.05) is 30.3 Å². The number of nitrogens with one attached hydrogen (secondary N) is 1. The third-order valence-electron chi connectivity index (χ3n) is 3.92. The van der Waals surface area contributed by atoms with Gasteiger partial charge in [-0.15, -0.1) is 0 Å². The van der Waals surface area contributed by atoms with E-state index in [1.54, 1.807) is 4.90 Å². The normalized spacial score (nSPS) is 29.5. The number of carbonyl (C=O) groups is 1. The average molecular weight is 296 g/mol. The highest BCUT2D eigenvalue weighted by Gasteiger charge is 2.47. The Morgan fingerprint density at radius 2 is 1.86 bits per heavy atom. The predicted octanol–water partition coefficient (Wildman–Crippen LogP) is 0.0668. The number of aliphatic hydroxyl groups excluding tert-OH is 2. The first kappa shape index (κ1) is 15.9. The number of hydrogen-bond acceptors (Lipinski definition) is 4. The zero-order chi connectivity index (χ0) is 15.4. The molecule has 1 aromatic rings. The molecule has 0 saturated carbocycles. The van der Waals surface area contributed by atoms with Gasteiger partial charge < -0.3 is 15.5 Å². The minimum Gasteiger partial charge on any atom is -0.389 e. The van der Waals surface area contributed by atoms with Gasteiger partial charge in [0.1, 0.15) is 6.67 Å². The van der Waals surface area contributed by atoms with Crippen LogP contribution < -0.4 is 5.32 Å². The Morgan fingerprint density at radius 1 is 1.24 bits per heavy atom. The quantitative estimate of drug-likeness (QED) is 0.719. The number of carbonyl (C=O) groups excluding carboxylic acids is 1. The number of benzene rings is 1. The van der Waals surface area contributed by atoms with Crippen molar-refractivity contribution in [3.8, 4) is 0 Å². The largest absolute Gasteiger partial charge is 0.389 e. The maximum absolute atomic E-state index is 13.2. The van der Waals surface area contributed by atoms with Gasteiger partial charge in [-0.05, 0) is 5.56 Å². The summed E-state index contributed by atoms with van der Waals surface area (Å²) in [6, 6.07) is 8.18. The topological polar surface area (TPSA) is 72.8 Å². The summed E-state index contributed by atoms with van der Waals surface area (Å²) in [4.78, 5) is 12.8. The van der Waals surface area contributed by atoms with Crippen LogP contribution >= 0.6 is 0 Å². The Balaban J connectivity index is 2.16. The lowest BCUT2D eigenvalue weighted by Gasteiger charge is -2.29. The van der Waals surface area contributed by atoms with Crippen molar-refractivity contribution in [3.63, 3.8) is 0 Å². The van der Waals surface area contributed by atoms with E-state index >= 15 is 0 Å². The second-order valence-corrected chi connectivity index (χ2v) is 5.37. The van der Waals surface area contributed by atoms with Crippen LogP contribution in [0, 0.1) is 0 Å². The molecule has 1 heterocycles. The summed E-state index contributed by atoms with van der Waals surface area (Å²) in [5, 5.41) is 22.7. The molecule has 0 bridgehead atoms. The van der Waals surface area contributed by atoms with Crippen LogP contribution in [0.2, 0.25) is 0 Å². The van der Waals surface area contributed by atoms with E-state index in [2.05, 4.69) is 5.32 Å². The van der Waals surface area contributed by atoms with Crippen molar-refractivity contribution in [3.05, 3.63) is 35.9 Å². The summed E-state index contributed by atoms with van der Waals surface area (Å²) >= 11 is 0.